The Kier molecular flexibility index (Phi) is 10.4. The molecule has 1 atom stereocenters. The molecular weight excluding hydrogens is 512 g/mol. The fourth-order valence-electron chi connectivity index (χ4n) is 4.60. The molecule has 0 saturated carbocycles. The van der Waals surface area contributed by atoms with Crippen molar-refractivity contribution in [1.82, 2.24) is 14.5 Å². The molecule has 1 fully saturated rings. The Morgan fingerprint density at radius 1 is 1.08 bits per heavy atom. The van der Waals surface area contributed by atoms with Crippen LogP contribution in [0, 0.1) is 11.8 Å². The molecule has 0 spiro atoms. The number of hydrogen-bond acceptors (Lipinski definition) is 4. The normalized spacial score (nSPS) is 15.6. The SMILES string of the molecule is CC(C)C[C@H](C(N)=O)N(CC1CCN(C(=O)NCCc2ccccc2)CC1)S(=O)(=O)c1ccc(Cl)cc1. The van der Waals surface area contributed by atoms with Crippen molar-refractivity contribution >= 4 is 33.6 Å². The number of carbonyl (C=O) groups is 2. The Balaban J connectivity index is 1.65. The summed E-state index contributed by atoms with van der Waals surface area (Å²) in [5.74, 6) is -0.604. The van der Waals surface area contributed by atoms with Crippen molar-refractivity contribution in [2.75, 3.05) is 26.2 Å². The van der Waals surface area contributed by atoms with Gasteiger partial charge in [0.15, 0.2) is 0 Å². The average Bonchev–Trinajstić information content (AvgIpc) is 2.87. The van der Waals surface area contributed by atoms with Crippen LogP contribution in [0.1, 0.15) is 38.7 Å². The lowest BCUT2D eigenvalue weighted by molar-refractivity contribution is -0.122. The highest BCUT2D eigenvalue weighted by Crippen LogP contribution is 2.27. The number of nitrogens with one attached hydrogen (secondary N) is 1. The number of amides is 3. The molecule has 3 amide bonds. The number of rotatable bonds is 11. The minimum absolute atomic E-state index is 0.00976. The van der Waals surface area contributed by atoms with E-state index in [0.29, 0.717) is 43.9 Å². The Bertz CT molecular complexity index is 1130. The van der Waals surface area contributed by atoms with E-state index in [4.69, 9.17) is 17.3 Å². The first kappa shape index (κ1) is 28.9. The zero-order chi connectivity index (χ0) is 27.0. The molecule has 2 aromatic carbocycles. The standard InChI is InChI=1S/C27H37ClN4O4S/c1-20(2)18-25(26(29)33)32(37(35,36)24-10-8-23(28)9-11-24)19-22-13-16-31(17-14-22)27(34)30-15-12-21-6-4-3-5-7-21/h3-11,20,22,25H,12-19H2,1-2H3,(H2,29,33)(H,30,34)/t25-/m1/s1. The molecule has 0 aliphatic carbocycles. The molecule has 3 N–H and O–H groups in total. The maximum absolute atomic E-state index is 13.7. The van der Waals surface area contributed by atoms with Crippen LogP contribution < -0.4 is 11.1 Å². The minimum Gasteiger partial charge on any atom is -0.368 e. The highest BCUT2D eigenvalue weighted by Gasteiger charge is 2.37. The second-order valence-electron chi connectivity index (χ2n) is 9.97. The molecule has 0 radical (unpaired) electrons. The van der Waals surface area contributed by atoms with E-state index < -0.39 is 22.0 Å². The van der Waals surface area contributed by atoms with Gasteiger partial charge >= 0.3 is 6.03 Å². The van der Waals surface area contributed by atoms with Crippen LogP contribution in [0.5, 0.6) is 0 Å². The molecule has 0 unspecified atom stereocenters. The van der Waals surface area contributed by atoms with Crippen LogP contribution in [0.3, 0.4) is 0 Å². The van der Waals surface area contributed by atoms with Crippen molar-refractivity contribution in [3.8, 4) is 0 Å². The van der Waals surface area contributed by atoms with Crippen LogP contribution in [0.25, 0.3) is 0 Å². The molecule has 1 saturated heterocycles. The first-order valence-electron chi connectivity index (χ1n) is 12.7. The van der Waals surface area contributed by atoms with Gasteiger partial charge in [-0.3, -0.25) is 4.79 Å². The van der Waals surface area contributed by atoms with Gasteiger partial charge in [0.1, 0.15) is 6.04 Å². The van der Waals surface area contributed by atoms with Gasteiger partial charge in [-0.15, -0.1) is 0 Å². The lowest BCUT2D eigenvalue weighted by atomic mass is 9.95. The van der Waals surface area contributed by atoms with Gasteiger partial charge in [0.05, 0.1) is 4.90 Å². The molecule has 1 aliphatic heterocycles. The number of halogens is 1. The number of benzene rings is 2. The summed E-state index contributed by atoms with van der Waals surface area (Å²) in [5, 5.41) is 3.39. The number of nitrogens with two attached hydrogens (primary N) is 1. The molecule has 2 aromatic rings. The molecule has 1 heterocycles. The van der Waals surface area contributed by atoms with Crippen LogP contribution in [0.2, 0.25) is 5.02 Å². The predicted molar refractivity (Wildman–Crippen MR) is 146 cm³/mol. The quantitative estimate of drug-likeness (QED) is 0.443. The topological polar surface area (TPSA) is 113 Å². The highest BCUT2D eigenvalue weighted by molar-refractivity contribution is 7.89. The number of piperidine rings is 1. The number of carbonyl (C=O) groups excluding carboxylic acids is 2. The van der Waals surface area contributed by atoms with Crippen LogP contribution in [0.4, 0.5) is 4.79 Å². The van der Waals surface area contributed by atoms with E-state index >= 15 is 0 Å². The summed E-state index contributed by atoms with van der Waals surface area (Å²) in [7, 11) is -3.99. The van der Waals surface area contributed by atoms with Crippen molar-refractivity contribution in [3.63, 3.8) is 0 Å². The summed E-state index contributed by atoms with van der Waals surface area (Å²) in [4.78, 5) is 26.9. The average molecular weight is 549 g/mol. The molecule has 37 heavy (non-hydrogen) atoms. The Morgan fingerprint density at radius 3 is 2.27 bits per heavy atom. The number of urea groups is 1. The van der Waals surface area contributed by atoms with E-state index in [-0.39, 0.29) is 29.3 Å². The van der Waals surface area contributed by atoms with E-state index in [0.717, 1.165) is 12.0 Å². The first-order valence-corrected chi connectivity index (χ1v) is 14.5. The van der Waals surface area contributed by atoms with Crippen LogP contribution in [0.15, 0.2) is 59.5 Å². The summed E-state index contributed by atoms with van der Waals surface area (Å²) >= 11 is 5.96. The van der Waals surface area contributed by atoms with Gasteiger partial charge in [0, 0.05) is 31.2 Å². The van der Waals surface area contributed by atoms with Crippen molar-refractivity contribution < 1.29 is 18.0 Å². The van der Waals surface area contributed by atoms with E-state index in [9.17, 15) is 18.0 Å². The fraction of sp³-hybridized carbons (Fsp3) is 0.481. The number of primary amides is 1. The Morgan fingerprint density at radius 2 is 1.70 bits per heavy atom. The molecule has 3 rings (SSSR count). The van der Waals surface area contributed by atoms with E-state index in [2.05, 4.69) is 5.32 Å². The fourth-order valence-corrected chi connectivity index (χ4v) is 6.41. The maximum Gasteiger partial charge on any atom is 0.317 e. The van der Waals surface area contributed by atoms with Crippen molar-refractivity contribution in [2.45, 2.75) is 50.5 Å². The van der Waals surface area contributed by atoms with Crippen molar-refractivity contribution in [3.05, 3.63) is 65.2 Å². The van der Waals surface area contributed by atoms with Crippen molar-refractivity contribution in [1.29, 1.82) is 0 Å². The monoisotopic (exact) mass is 548 g/mol. The summed E-state index contributed by atoms with van der Waals surface area (Å²) < 4.78 is 28.6. The summed E-state index contributed by atoms with van der Waals surface area (Å²) in [6.45, 7) is 5.60. The van der Waals surface area contributed by atoms with Crippen LogP contribution in [-0.2, 0) is 21.2 Å². The smallest absolute Gasteiger partial charge is 0.317 e. The Hall–Kier alpha value is -2.62. The van der Waals surface area contributed by atoms with Gasteiger partial charge in [0.25, 0.3) is 0 Å². The second-order valence-corrected chi connectivity index (χ2v) is 12.3. The van der Waals surface area contributed by atoms with Gasteiger partial charge in [0.2, 0.25) is 15.9 Å². The summed E-state index contributed by atoms with van der Waals surface area (Å²) in [5.41, 5.74) is 6.87. The highest BCUT2D eigenvalue weighted by atomic mass is 35.5. The van der Waals surface area contributed by atoms with Crippen LogP contribution in [-0.4, -0.2) is 61.8 Å². The molecular formula is C27H37ClN4O4S. The van der Waals surface area contributed by atoms with E-state index in [1.165, 1.54) is 28.6 Å². The second kappa shape index (κ2) is 13.3. The zero-order valence-electron chi connectivity index (χ0n) is 21.5. The number of nitrogens with zero attached hydrogens (tertiary/aromatic N) is 2. The molecule has 202 valence electrons. The third-order valence-corrected chi connectivity index (χ3v) is 8.80. The molecule has 0 aromatic heterocycles. The Labute approximate surface area is 225 Å². The maximum atomic E-state index is 13.7. The van der Waals surface area contributed by atoms with E-state index in [1.54, 1.807) is 4.90 Å². The number of hydrogen-bond donors (Lipinski definition) is 2. The minimum atomic E-state index is -3.99. The van der Waals surface area contributed by atoms with E-state index in [1.807, 2.05) is 44.2 Å². The van der Waals surface area contributed by atoms with Crippen molar-refractivity contribution in [2.24, 2.45) is 17.6 Å². The van der Waals surface area contributed by atoms with Gasteiger partial charge in [-0.1, -0.05) is 55.8 Å². The van der Waals surface area contributed by atoms with Gasteiger partial charge in [-0.25, -0.2) is 13.2 Å². The van der Waals surface area contributed by atoms with Gasteiger partial charge in [-0.05, 0) is 67.3 Å². The summed E-state index contributed by atoms with van der Waals surface area (Å²) in [6.07, 6.45) is 2.34. The molecule has 8 nitrogen and oxygen atoms in total. The number of sulfonamides is 1. The number of likely N-dealkylation sites (tertiary alicyclic amines) is 1. The third-order valence-electron chi connectivity index (χ3n) is 6.66. The third kappa shape index (κ3) is 8.18. The lowest BCUT2D eigenvalue weighted by Gasteiger charge is -2.37. The zero-order valence-corrected chi connectivity index (χ0v) is 23.0. The summed E-state index contributed by atoms with van der Waals surface area (Å²) in [6, 6.07) is 14.8. The molecule has 10 heteroatoms. The lowest BCUT2D eigenvalue weighted by Crippen LogP contribution is -2.52. The molecule has 0 bridgehead atoms. The first-order chi connectivity index (χ1) is 17.6. The predicted octanol–water partition coefficient (Wildman–Crippen LogP) is 3.90. The largest absolute Gasteiger partial charge is 0.368 e. The van der Waals surface area contributed by atoms with Gasteiger partial charge in [-0.2, -0.15) is 4.31 Å². The van der Waals surface area contributed by atoms with Gasteiger partial charge < -0.3 is 16.0 Å². The van der Waals surface area contributed by atoms with Crippen LogP contribution >= 0.6 is 11.6 Å². The molecule has 1 aliphatic rings.